The first-order valence-electron chi connectivity index (χ1n) is 18.2. The molecule has 6 aromatic carbocycles. The molecule has 0 atom stereocenters. The van der Waals surface area contributed by atoms with Gasteiger partial charge in [-0.05, 0) is 54.6 Å². The summed E-state index contributed by atoms with van der Waals surface area (Å²) in [4.78, 5) is 10.3. The Labute approximate surface area is 315 Å². The largest absolute Gasteiger partial charge is 0.416 e. The smallest absolute Gasteiger partial charge is 0.250 e. The van der Waals surface area contributed by atoms with Gasteiger partial charge in [0.15, 0.2) is 0 Å². The van der Waals surface area contributed by atoms with Gasteiger partial charge in [0.1, 0.15) is 11.6 Å². The van der Waals surface area contributed by atoms with Crippen LogP contribution in [0.1, 0.15) is 0 Å². The lowest BCUT2D eigenvalue weighted by Gasteiger charge is -2.11. The second kappa shape index (κ2) is 12.5. The van der Waals surface area contributed by atoms with E-state index in [9.17, 15) is 0 Å². The van der Waals surface area contributed by atoms with Crippen molar-refractivity contribution in [1.29, 1.82) is 0 Å². The third kappa shape index (κ3) is 5.05. The Morgan fingerprint density at radius 3 is 1.58 bits per heavy atom. The molecule has 0 amide bonds. The molecule has 0 aliphatic rings. The second-order valence-corrected chi connectivity index (χ2v) is 13.5. The molecule has 7 heteroatoms. The minimum Gasteiger partial charge on any atom is -0.416 e. The van der Waals surface area contributed by atoms with Crippen molar-refractivity contribution in [2.24, 2.45) is 0 Å². The van der Waals surface area contributed by atoms with Crippen molar-refractivity contribution in [1.82, 2.24) is 29.3 Å². The Morgan fingerprint density at radius 1 is 0.364 bits per heavy atom. The van der Waals surface area contributed by atoms with Gasteiger partial charge < -0.3 is 4.42 Å². The minimum atomic E-state index is 0.432. The molecule has 11 rings (SSSR count). The predicted molar refractivity (Wildman–Crippen MR) is 220 cm³/mol. The molecule has 5 heterocycles. The molecule has 5 aromatic heterocycles. The van der Waals surface area contributed by atoms with E-state index in [0.717, 1.165) is 88.9 Å². The van der Waals surface area contributed by atoms with Crippen LogP contribution in [0.15, 0.2) is 186 Å². The van der Waals surface area contributed by atoms with Crippen LogP contribution in [0.2, 0.25) is 0 Å². The first kappa shape index (κ1) is 30.9. The van der Waals surface area contributed by atoms with E-state index in [0.29, 0.717) is 11.8 Å². The average Bonchev–Trinajstić information content (AvgIpc) is 3.98. The van der Waals surface area contributed by atoms with Crippen molar-refractivity contribution in [3.8, 4) is 57.1 Å². The number of hydrogen-bond acceptors (Lipinski definition) is 5. The summed E-state index contributed by atoms with van der Waals surface area (Å²) in [6.45, 7) is 0. The van der Waals surface area contributed by atoms with Gasteiger partial charge in [-0.3, -0.25) is 9.13 Å². The Hall–Kier alpha value is -7.64. The molecule has 0 spiro atoms. The van der Waals surface area contributed by atoms with E-state index in [4.69, 9.17) is 14.4 Å². The van der Waals surface area contributed by atoms with Crippen molar-refractivity contribution in [3.05, 3.63) is 182 Å². The Kier molecular flexibility index (Phi) is 7.03. The summed E-state index contributed by atoms with van der Waals surface area (Å²) >= 11 is 0. The molecule has 0 bridgehead atoms. The third-order valence-corrected chi connectivity index (χ3v) is 10.3. The summed E-state index contributed by atoms with van der Waals surface area (Å²) in [7, 11) is 0. The fourth-order valence-corrected chi connectivity index (χ4v) is 7.86. The van der Waals surface area contributed by atoms with Gasteiger partial charge in [0.25, 0.3) is 0 Å². The van der Waals surface area contributed by atoms with E-state index in [-0.39, 0.29) is 0 Å². The van der Waals surface area contributed by atoms with Gasteiger partial charge in [-0.1, -0.05) is 127 Å². The van der Waals surface area contributed by atoms with Crippen LogP contribution >= 0.6 is 0 Å². The van der Waals surface area contributed by atoms with Crippen molar-refractivity contribution in [2.45, 2.75) is 0 Å². The zero-order chi connectivity index (χ0) is 36.3. The van der Waals surface area contributed by atoms with Gasteiger partial charge in [0, 0.05) is 38.2 Å². The van der Waals surface area contributed by atoms with Crippen molar-refractivity contribution < 1.29 is 4.42 Å². The number of para-hydroxylation sites is 3. The monoisotopic (exact) mass is 706 g/mol. The molecule has 11 aromatic rings. The first-order valence-corrected chi connectivity index (χ1v) is 18.2. The predicted octanol–water partition coefficient (Wildman–Crippen LogP) is 11.7. The van der Waals surface area contributed by atoms with E-state index in [2.05, 4.69) is 135 Å². The van der Waals surface area contributed by atoms with Gasteiger partial charge in [-0.15, -0.1) is 10.2 Å². The zero-order valence-corrected chi connectivity index (χ0v) is 29.4. The average molecular weight is 707 g/mol. The van der Waals surface area contributed by atoms with Crippen LogP contribution in [0.25, 0.3) is 101 Å². The van der Waals surface area contributed by atoms with E-state index in [1.807, 2.05) is 66.7 Å². The Bertz CT molecular complexity index is 3210. The minimum absolute atomic E-state index is 0.432. The van der Waals surface area contributed by atoms with Crippen LogP contribution in [0.3, 0.4) is 0 Å². The molecule has 0 fully saturated rings. The summed E-state index contributed by atoms with van der Waals surface area (Å²) in [5.41, 5.74) is 9.66. The van der Waals surface area contributed by atoms with Gasteiger partial charge >= 0.3 is 0 Å². The highest BCUT2D eigenvalue weighted by molar-refractivity contribution is 6.13. The number of pyridine rings is 2. The van der Waals surface area contributed by atoms with Crippen molar-refractivity contribution in [2.75, 3.05) is 0 Å². The maximum atomic E-state index is 6.61. The molecule has 7 nitrogen and oxygen atoms in total. The summed E-state index contributed by atoms with van der Waals surface area (Å²) in [5.74, 6) is 2.51. The van der Waals surface area contributed by atoms with Crippen LogP contribution in [-0.4, -0.2) is 29.3 Å². The summed E-state index contributed by atoms with van der Waals surface area (Å²) in [5, 5.41) is 13.8. The number of hydrogen-bond donors (Lipinski definition) is 0. The normalized spacial score (nSPS) is 11.6. The fraction of sp³-hybridized carbons (Fsp3) is 0. The summed E-state index contributed by atoms with van der Waals surface area (Å²) in [6, 6.07) is 62.2. The van der Waals surface area contributed by atoms with E-state index < -0.39 is 0 Å². The number of nitrogens with zero attached hydrogens (tertiary/aromatic N) is 6. The zero-order valence-electron chi connectivity index (χ0n) is 29.4. The van der Waals surface area contributed by atoms with Crippen LogP contribution in [0.5, 0.6) is 0 Å². The Morgan fingerprint density at radius 2 is 0.891 bits per heavy atom. The molecule has 0 saturated carbocycles. The highest BCUT2D eigenvalue weighted by atomic mass is 16.4. The SMILES string of the molecule is c1ccc(-c2cccc(-n3c4ccccc4c4ccc(-c5nnc(-c6cccc7c8ccccc8n(-c8cccc(-c9ccccc9)n8)c67)o5)cc43)n2)cc1. The molecule has 0 unspecified atom stereocenters. The summed E-state index contributed by atoms with van der Waals surface area (Å²) in [6.07, 6.45) is 0. The van der Waals surface area contributed by atoms with Crippen molar-refractivity contribution in [3.63, 3.8) is 0 Å². The second-order valence-electron chi connectivity index (χ2n) is 13.5. The highest BCUT2D eigenvalue weighted by Gasteiger charge is 2.22. The number of benzene rings is 6. The quantitative estimate of drug-likeness (QED) is 0.172. The molecule has 258 valence electrons. The van der Waals surface area contributed by atoms with Crippen LogP contribution in [0, 0.1) is 0 Å². The molecule has 0 aliphatic carbocycles. The van der Waals surface area contributed by atoms with Gasteiger partial charge in [0.05, 0.1) is 39.0 Å². The molecular weight excluding hydrogens is 677 g/mol. The van der Waals surface area contributed by atoms with E-state index >= 15 is 0 Å². The highest BCUT2D eigenvalue weighted by Crippen LogP contribution is 2.39. The lowest BCUT2D eigenvalue weighted by Crippen LogP contribution is -1.99. The topological polar surface area (TPSA) is 74.6 Å². The molecular formula is C48H30N6O. The fourth-order valence-electron chi connectivity index (χ4n) is 7.86. The first-order chi connectivity index (χ1) is 27.3. The summed E-state index contributed by atoms with van der Waals surface area (Å²) < 4.78 is 11.0. The third-order valence-electron chi connectivity index (χ3n) is 10.3. The van der Waals surface area contributed by atoms with Crippen molar-refractivity contribution >= 4 is 43.6 Å². The molecule has 0 saturated heterocycles. The number of rotatable bonds is 6. The molecule has 55 heavy (non-hydrogen) atoms. The lowest BCUT2D eigenvalue weighted by molar-refractivity contribution is 0.585. The van der Waals surface area contributed by atoms with Crippen LogP contribution < -0.4 is 0 Å². The number of fused-ring (bicyclic) bond motifs is 6. The molecule has 0 radical (unpaired) electrons. The van der Waals surface area contributed by atoms with Crippen LogP contribution in [-0.2, 0) is 0 Å². The van der Waals surface area contributed by atoms with E-state index in [1.165, 1.54) is 0 Å². The number of aromatic nitrogens is 6. The maximum Gasteiger partial charge on any atom is 0.250 e. The Balaban J connectivity index is 1.06. The maximum absolute atomic E-state index is 6.61. The lowest BCUT2D eigenvalue weighted by atomic mass is 10.1. The van der Waals surface area contributed by atoms with Gasteiger partial charge in [0.2, 0.25) is 11.8 Å². The standard InChI is InChI=1S/C48H30N6O/c1-3-14-31(15-4-1)39-22-12-26-44(49-39)53-41-24-9-7-18-34(41)36-29-28-33(30-43(36)53)47-51-52-48(55-47)38-21-11-20-37-35-19-8-10-25-42(35)54(46(37)38)45-27-13-23-40(50-45)32-16-5-2-6-17-32/h1-30H. The molecule has 0 N–H and O–H groups in total. The van der Waals surface area contributed by atoms with E-state index in [1.54, 1.807) is 0 Å². The van der Waals surface area contributed by atoms with Gasteiger partial charge in [-0.2, -0.15) is 0 Å². The molecule has 0 aliphatic heterocycles. The van der Waals surface area contributed by atoms with Gasteiger partial charge in [-0.25, -0.2) is 9.97 Å². The van der Waals surface area contributed by atoms with Crippen LogP contribution in [0.4, 0.5) is 0 Å².